The molecular formula is C18H28N2O2. The monoisotopic (exact) mass is 304 g/mol. The second-order valence-corrected chi connectivity index (χ2v) is 6.91. The van der Waals surface area contributed by atoms with E-state index in [0.717, 1.165) is 31.5 Å². The van der Waals surface area contributed by atoms with Gasteiger partial charge in [0.05, 0.1) is 6.04 Å². The Morgan fingerprint density at radius 2 is 2.05 bits per heavy atom. The summed E-state index contributed by atoms with van der Waals surface area (Å²) in [5, 5.41) is 3.57. The fourth-order valence-electron chi connectivity index (χ4n) is 2.98. The predicted molar refractivity (Wildman–Crippen MR) is 90.1 cm³/mol. The van der Waals surface area contributed by atoms with Crippen LogP contribution in [0.15, 0.2) is 30.3 Å². The first-order valence-corrected chi connectivity index (χ1v) is 8.22. The number of nitrogens with one attached hydrogen (secondary N) is 1. The van der Waals surface area contributed by atoms with Gasteiger partial charge < -0.3 is 15.0 Å². The molecule has 122 valence electrons. The molecular weight excluding hydrogens is 276 g/mol. The number of hydrogen-bond acceptors (Lipinski definition) is 3. The van der Waals surface area contributed by atoms with Gasteiger partial charge in [-0.3, -0.25) is 0 Å². The quantitative estimate of drug-likeness (QED) is 0.903. The SMILES string of the molecule is CC[C@@H](Nc1ccccc1)[C@@H]1CCCN1C(=O)OC(C)(C)C. The number of ether oxygens (including phenoxy) is 1. The molecule has 4 nitrogen and oxygen atoms in total. The molecule has 1 saturated heterocycles. The van der Waals surface area contributed by atoms with Gasteiger partial charge in [-0.2, -0.15) is 0 Å². The Hall–Kier alpha value is -1.71. The number of anilines is 1. The zero-order valence-corrected chi connectivity index (χ0v) is 14.1. The Bertz CT molecular complexity index is 482. The zero-order chi connectivity index (χ0) is 16.2. The minimum absolute atomic E-state index is 0.191. The zero-order valence-electron chi connectivity index (χ0n) is 14.1. The summed E-state index contributed by atoms with van der Waals surface area (Å²) < 4.78 is 5.56. The Morgan fingerprint density at radius 1 is 1.36 bits per heavy atom. The maximum absolute atomic E-state index is 12.4. The third kappa shape index (κ3) is 4.39. The van der Waals surface area contributed by atoms with Gasteiger partial charge >= 0.3 is 6.09 Å². The first-order valence-electron chi connectivity index (χ1n) is 8.22. The van der Waals surface area contributed by atoms with Crippen molar-refractivity contribution in [3.63, 3.8) is 0 Å². The van der Waals surface area contributed by atoms with Gasteiger partial charge in [0.25, 0.3) is 0 Å². The Balaban J connectivity index is 2.05. The van der Waals surface area contributed by atoms with Crippen LogP contribution in [0.25, 0.3) is 0 Å². The van der Waals surface area contributed by atoms with Crippen molar-refractivity contribution in [2.24, 2.45) is 0 Å². The molecule has 1 aromatic carbocycles. The van der Waals surface area contributed by atoms with E-state index in [9.17, 15) is 4.79 Å². The highest BCUT2D eigenvalue weighted by Crippen LogP contribution is 2.26. The molecule has 0 unspecified atom stereocenters. The predicted octanol–water partition coefficient (Wildman–Crippen LogP) is 4.28. The van der Waals surface area contributed by atoms with Gasteiger partial charge in [-0.05, 0) is 52.2 Å². The van der Waals surface area contributed by atoms with Crippen LogP contribution in [0.2, 0.25) is 0 Å². The van der Waals surface area contributed by atoms with Crippen LogP contribution in [0.3, 0.4) is 0 Å². The van der Waals surface area contributed by atoms with Crippen molar-refractivity contribution in [2.75, 3.05) is 11.9 Å². The third-order valence-corrected chi connectivity index (χ3v) is 3.96. The fraction of sp³-hybridized carbons (Fsp3) is 0.611. The van der Waals surface area contributed by atoms with Gasteiger partial charge in [0.2, 0.25) is 0 Å². The molecule has 22 heavy (non-hydrogen) atoms. The highest BCUT2D eigenvalue weighted by atomic mass is 16.6. The fourth-order valence-corrected chi connectivity index (χ4v) is 2.98. The van der Waals surface area contributed by atoms with Crippen LogP contribution in [0.5, 0.6) is 0 Å². The van der Waals surface area contributed by atoms with Crippen molar-refractivity contribution in [1.82, 2.24) is 4.90 Å². The number of amides is 1. The Morgan fingerprint density at radius 3 is 2.64 bits per heavy atom. The lowest BCUT2D eigenvalue weighted by Crippen LogP contribution is -2.47. The molecule has 2 atom stereocenters. The number of carbonyl (C=O) groups is 1. The maximum Gasteiger partial charge on any atom is 0.410 e. The molecule has 1 aliphatic rings. The number of rotatable bonds is 4. The molecule has 2 rings (SSSR count). The van der Waals surface area contributed by atoms with Gasteiger partial charge in [-0.25, -0.2) is 4.79 Å². The molecule has 1 heterocycles. The largest absolute Gasteiger partial charge is 0.444 e. The first kappa shape index (κ1) is 16.7. The van der Waals surface area contributed by atoms with Crippen LogP contribution < -0.4 is 5.32 Å². The van der Waals surface area contributed by atoms with E-state index in [1.165, 1.54) is 0 Å². The van der Waals surface area contributed by atoms with Gasteiger partial charge in [-0.15, -0.1) is 0 Å². The average Bonchev–Trinajstić information content (AvgIpc) is 2.93. The standard InChI is InChI=1S/C18H28N2O2/c1-5-15(19-14-10-7-6-8-11-14)16-12-9-13-20(16)17(21)22-18(2,3)4/h6-8,10-11,15-16,19H,5,9,12-13H2,1-4H3/t15-,16+/m1/s1. The highest BCUT2D eigenvalue weighted by Gasteiger charge is 2.36. The summed E-state index contributed by atoms with van der Waals surface area (Å²) in [5.74, 6) is 0. The third-order valence-electron chi connectivity index (χ3n) is 3.96. The molecule has 0 aliphatic carbocycles. The molecule has 0 aromatic heterocycles. The summed E-state index contributed by atoms with van der Waals surface area (Å²) >= 11 is 0. The Kier molecular flexibility index (Phi) is 5.33. The molecule has 0 bridgehead atoms. The van der Waals surface area contributed by atoms with E-state index in [2.05, 4.69) is 24.4 Å². The van der Waals surface area contributed by atoms with Crippen molar-refractivity contribution in [3.05, 3.63) is 30.3 Å². The van der Waals surface area contributed by atoms with Crippen LogP contribution in [-0.2, 0) is 4.74 Å². The van der Waals surface area contributed by atoms with Crippen molar-refractivity contribution in [1.29, 1.82) is 0 Å². The lowest BCUT2D eigenvalue weighted by molar-refractivity contribution is 0.0211. The van der Waals surface area contributed by atoms with E-state index in [4.69, 9.17) is 4.74 Å². The van der Waals surface area contributed by atoms with Crippen LogP contribution in [0, 0.1) is 0 Å². The van der Waals surface area contributed by atoms with Crippen LogP contribution >= 0.6 is 0 Å². The topological polar surface area (TPSA) is 41.6 Å². The number of likely N-dealkylation sites (tertiary alicyclic amines) is 1. The smallest absolute Gasteiger partial charge is 0.410 e. The number of carbonyl (C=O) groups excluding carboxylic acids is 1. The average molecular weight is 304 g/mol. The first-order chi connectivity index (χ1) is 10.4. The van der Waals surface area contributed by atoms with Crippen molar-refractivity contribution in [2.45, 2.75) is 64.6 Å². The number of para-hydroxylation sites is 1. The lowest BCUT2D eigenvalue weighted by Gasteiger charge is -2.33. The van der Waals surface area contributed by atoms with Crippen molar-refractivity contribution < 1.29 is 9.53 Å². The minimum Gasteiger partial charge on any atom is -0.444 e. The summed E-state index contributed by atoms with van der Waals surface area (Å²) in [6.07, 6.45) is 2.84. The van der Waals surface area contributed by atoms with Crippen LogP contribution in [0.1, 0.15) is 47.0 Å². The van der Waals surface area contributed by atoms with E-state index < -0.39 is 5.60 Å². The molecule has 1 aromatic rings. The number of hydrogen-bond donors (Lipinski definition) is 1. The van der Waals surface area contributed by atoms with Gasteiger partial charge in [0, 0.05) is 18.3 Å². The van der Waals surface area contributed by atoms with E-state index in [0.29, 0.717) is 0 Å². The van der Waals surface area contributed by atoms with Crippen molar-refractivity contribution >= 4 is 11.8 Å². The summed E-state index contributed by atoms with van der Waals surface area (Å²) in [7, 11) is 0. The molecule has 1 fully saturated rings. The summed E-state index contributed by atoms with van der Waals surface area (Å²) in [4.78, 5) is 14.3. The summed E-state index contributed by atoms with van der Waals surface area (Å²) in [6.45, 7) is 8.68. The molecule has 4 heteroatoms. The molecule has 0 saturated carbocycles. The van der Waals surface area contributed by atoms with Crippen LogP contribution in [0.4, 0.5) is 10.5 Å². The van der Waals surface area contributed by atoms with E-state index in [1.54, 1.807) is 0 Å². The van der Waals surface area contributed by atoms with Crippen LogP contribution in [-0.4, -0.2) is 35.2 Å². The molecule has 1 N–H and O–H groups in total. The van der Waals surface area contributed by atoms with Gasteiger partial charge in [0.1, 0.15) is 5.60 Å². The summed E-state index contributed by atoms with van der Waals surface area (Å²) in [5.41, 5.74) is 0.657. The highest BCUT2D eigenvalue weighted by molar-refractivity contribution is 5.69. The van der Waals surface area contributed by atoms with Gasteiger partial charge in [0.15, 0.2) is 0 Å². The normalized spacial score (nSPS) is 19.8. The minimum atomic E-state index is -0.446. The van der Waals surface area contributed by atoms with E-state index in [1.807, 2.05) is 43.9 Å². The molecule has 0 spiro atoms. The lowest BCUT2D eigenvalue weighted by atomic mass is 10.0. The van der Waals surface area contributed by atoms with Gasteiger partial charge in [-0.1, -0.05) is 25.1 Å². The molecule has 0 radical (unpaired) electrons. The number of nitrogens with zero attached hydrogens (tertiary/aromatic N) is 1. The van der Waals surface area contributed by atoms with E-state index >= 15 is 0 Å². The summed E-state index contributed by atoms with van der Waals surface area (Å²) in [6, 6.07) is 10.6. The van der Waals surface area contributed by atoms with Crippen molar-refractivity contribution in [3.8, 4) is 0 Å². The Labute approximate surface area is 133 Å². The maximum atomic E-state index is 12.4. The molecule has 1 aliphatic heterocycles. The second kappa shape index (κ2) is 7.03. The molecule has 1 amide bonds. The number of benzene rings is 1. The second-order valence-electron chi connectivity index (χ2n) is 6.91. The van der Waals surface area contributed by atoms with E-state index in [-0.39, 0.29) is 18.2 Å².